The van der Waals surface area contributed by atoms with Crippen molar-refractivity contribution in [3.05, 3.63) is 48.0 Å². The lowest BCUT2D eigenvalue weighted by molar-refractivity contribution is 0.224. The van der Waals surface area contributed by atoms with Crippen molar-refractivity contribution in [2.24, 2.45) is 0 Å². The van der Waals surface area contributed by atoms with Gasteiger partial charge in [-0.15, -0.1) is 10.2 Å². The van der Waals surface area contributed by atoms with Gasteiger partial charge in [0, 0.05) is 22.6 Å². The number of thioether (sulfide) groups is 1. The summed E-state index contributed by atoms with van der Waals surface area (Å²) in [6.07, 6.45) is 3.03. The third-order valence-corrected chi connectivity index (χ3v) is 6.03. The highest BCUT2D eigenvalue weighted by Crippen LogP contribution is 2.40. The minimum absolute atomic E-state index is 0.466. The van der Waals surface area contributed by atoms with Crippen molar-refractivity contribution in [3.8, 4) is 28.6 Å². The first-order valence-corrected chi connectivity index (χ1v) is 11.9. The molecule has 1 aliphatic heterocycles. The highest BCUT2D eigenvalue weighted by molar-refractivity contribution is 7.99. The maximum atomic E-state index is 6.36. The second-order valence-corrected chi connectivity index (χ2v) is 8.40. The molecule has 32 heavy (non-hydrogen) atoms. The van der Waals surface area contributed by atoms with Gasteiger partial charge in [-0.1, -0.05) is 49.7 Å². The van der Waals surface area contributed by atoms with E-state index in [0.717, 1.165) is 29.0 Å². The topological polar surface area (TPSA) is 78.4 Å². The zero-order valence-electron chi connectivity index (χ0n) is 18.6. The number of aromatic nitrogens is 3. The van der Waals surface area contributed by atoms with Crippen LogP contribution in [0.4, 0.5) is 5.69 Å². The lowest BCUT2D eigenvalue weighted by Crippen LogP contribution is -2.17. The van der Waals surface area contributed by atoms with Gasteiger partial charge in [0.25, 0.3) is 0 Å². The molecular weight excluding hydrogens is 424 g/mol. The summed E-state index contributed by atoms with van der Waals surface area (Å²) in [5.74, 6) is 2.78. The second-order valence-electron chi connectivity index (χ2n) is 7.33. The number of methoxy groups -OCH3 is 1. The Labute approximate surface area is 192 Å². The molecule has 0 amide bonds. The number of nitrogens with zero attached hydrogens (tertiary/aromatic N) is 3. The summed E-state index contributed by atoms with van der Waals surface area (Å²) in [4.78, 5) is 4.71. The van der Waals surface area contributed by atoms with Crippen molar-refractivity contribution < 1.29 is 14.2 Å². The van der Waals surface area contributed by atoms with Gasteiger partial charge < -0.3 is 19.5 Å². The highest BCUT2D eigenvalue weighted by Gasteiger charge is 2.26. The number of anilines is 1. The van der Waals surface area contributed by atoms with Crippen molar-refractivity contribution in [1.29, 1.82) is 0 Å². The first kappa shape index (κ1) is 22.2. The van der Waals surface area contributed by atoms with Gasteiger partial charge in [-0.3, -0.25) is 0 Å². The molecule has 1 atom stereocenters. The third kappa shape index (κ3) is 4.91. The van der Waals surface area contributed by atoms with Crippen molar-refractivity contribution in [3.63, 3.8) is 0 Å². The molecule has 1 unspecified atom stereocenters. The molecule has 0 saturated heterocycles. The third-order valence-electron chi connectivity index (χ3n) is 5.10. The minimum Gasteiger partial charge on any atom is -0.493 e. The zero-order chi connectivity index (χ0) is 22.3. The normalized spacial score (nSPS) is 14.4. The second kappa shape index (κ2) is 10.5. The van der Waals surface area contributed by atoms with E-state index in [1.165, 1.54) is 12.8 Å². The Kier molecular flexibility index (Phi) is 7.32. The number of fused-ring (bicyclic) bond motifs is 3. The number of rotatable bonds is 9. The SMILES string of the molecule is CCCCCSc1nnc2c(n1)OC(c1ccc(OCC)c(OC)c1)Nc1ccccc1-2. The monoisotopic (exact) mass is 452 g/mol. The molecule has 1 aliphatic rings. The van der Waals surface area contributed by atoms with Gasteiger partial charge in [0.15, 0.2) is 23.4 Å². The van der Waals surface area contributed by atoms with Crippen LogP contribution >= 0.6 is 11.8 Å². The van der Waals surface area contributed by atoms with E-state index >= 15 is 0 Å². The van der Waals surface area contributed by atoms with Crippen molar-refractivity contribution in [1.82, 2.24) is 15.2 Å². The number of hydrogen-bond donors (Lipinski definition) is 1. The summed E-state index contributed by atoms with van der Waals surface area (Å²) in [6, 6.07) is 13.7. The molecule has 0 saturated carbocycles. The fraction of sp³-hybridized carbons (Fsp3) is 0.375. The molecule has 7 nitrogen and oxygen atoms in total. The molecule has 2 heterocycles. The van der Waals surface area contributed by atoms with E-state index in [1.807, 2.05) is 49.4 Å². The van der Waals surface area contributed by atoms with Crippen LogP contribution in [0, 0.1) is 0 Å². The van der Waals surface area contributed by atoms with Gasteiger partial charge in [0.2, 0.25) is 11.0 Å². The molecule has 0 radical (unpaired) electrons. The number of benzene rings is 2. The summed E-state index contributed by atoms with van der Waals surface area (Å²) >= 11 is 1.61. The van der Waals surface area contributed by atoms with E-state index in [0.29, 0.717) is 34.8 Å². The van der Waals surface area contributed by atoms with Crippen LogP contribution in [0.3, 0.4) is 0 Å². The molecule has 0 fully saturated rings. The number of para-hydroxylation sites is 1. The quantitative estimate of drug-likeness (QED) is 0.326. The predicted octanol–water partition coefficient (Wildman–Crippen LogP) is 5.73. The average molecular weight is 453 g/mol. The number of ether oxygens (including phenoxy) is 3. The smallest absolute Gasteiger partial charge is 0.247 e. The first-order chi connectivity index (χ1) is 15.7. The van der Waals surface area contributed by atoms with Crippen LogP contribution in [-0.2, 0) is 0 Å². The van der Waals surface area contributed by atoms with Crippen LogP contribution in [0.1, 0.15) is 44.9 Å². The van der Waals surface area contributed by atoms with Crippen molar-refractivity contribution >= 4 is 17.4 Å². The Morgan fingerprint density at radius 3 is 2.75 bits per heavy atom. The highest BCUT2D eigenvalue weighted by atomic mass is 32.2. The maximum Gasteiger partial charge on any atom is 0.247 e. The minimum atomic E-state index is -0.475. The number of unbranched alkanes of at least 4 members (excludes halogenated alkanes) is 2. The summed E-state index contributed by atoms with van der Waals surface area (Å²) in [7, 11) is 1.63. The maximum absolute atomic E-state index is 6.36. The zero-order valence-corrected chi connectivity index (χ0v) is 19.4. The van der Waals surface area contributed by atoms with E-state index in [4.69, 9.17) is 19.2 Å². The van der Waals surface area contributed by atoms with Gasteiger partial charge in [-0.25, -0.2) is 0 Å². The van der Waals surface area contributed by atoms with E-state index < -0.39 is 6.23 Å². The molecule has 4 rings (SSSR count). The van der Waals surface area contributed by atoms with Gasteiger partial charge in [-0.05, 0) is 37.6 Å². The molecule has 0 bridgehead atoms. The van der Waals surface area contributed by atoms with Gasteiger partial charge in [0.1, 0.15) is 0 Å². The van der Waals surface area contributed by atoms with Crippen LogP contribution in [-0.4, -0.2) is 34.7 Å². The van der Waals surface area contributed by atoms with E-state index in [2.05, 4.69) is 22.4 Å². The first-order valence-electron chi connectivity index (χ1n) is 10.9. The van der Waals surface area contributed by atoms with Crippen LogP contribution in [0.15, 0.2) is 47.6 Å². The van der Waals surface area contributed by atoms with Gasteiger partial charge in [0.05, 0.1) is 13.7 Å². The van der Waals surface area contributed by atoms with E-state index in [9.17, 15) is 0 Å². The van der Waals surface area contributed by atoms with E-state index in [1.54, 1.807) is 18.9 Å². The Morgan fingerprint density at radius 2 is 1.94 bits per heavy atom. The fourth-order valence-corrected chi connectivity index (χ4v) is 4.27. The standard InChI is InChI=1S/C24H28N4O3S/c1-4-6-9-14-32-24-26-23-21(27-28-24)17-10-7-8-11-18(17)25-22(31-23)16-12-13-19(30-5-2)20(15-16)29-3/h7-8,10-13,15,22,25H,4-6,9,14H2,1-3H3. The molecule has 8 heteroatoms. The summed E-state index contributed by atoms with van der Waals surface area (Å²) in [6.45, 7) is 4.71. The van der Waals surface area contributed by atoms with Crippen LogP contribution in [0.25, 0.3) is 11.3 Å². The van der Waals surface area contributed by atoms with Gasteiger partial charge >= 0.3 is 0 Å². The Balaban J connectivity index is 1.68. The molecule has 1 N–H and O–H groups in total. The molecule has 1 aromatic heterocycles. The molecule has 0 spiro atoms. The van der Waals surface area contributed by atoms with Crippen LogP contribution in [0.2, 0.25) is 0 Å². The predicted molar refractivity (Wildman–Crippen MR) is 127 cm³/mol. The Bertz CT molecular complexity index is 1060. The molecule has 0 aliphatic carbocycles. The van der Waals surface area contributed by atoms with Crippen molar-refractivity contribution in [2.45, 2.75) is 44.5 Å². The summed E-state index contributed by atoms with van der Waals surface area (Å²) in [5, 5.41) is 12.9. The lowest BCUT2D eigenvalue weighted by atomic mass is 10.1. The number of nitrogens with one attached hydrogen (secondary N) is 1. The van der Waals surface area contributed by atoms with Crippen molar-refractivity contribution in [2.75, 3.05) is 24.8 Å². The van der Waals surface area contributed by atoms with Gasteiger partial charge in [-0.2, -0.15) is 4.98 Å². The summed E-state index contributed by atoms with van der Waals surface area (Å²) in [5.41, 5.74) is 3.34. The van der Waals surface area contributed by atoms with Crippen LogP contribution in [0.5, 0.6) is 17.4 Å². The molecule has 3 aromatic rings. The fourth-order valence-electron chi connectivity index (χ4n) is 3.50. The summed E-state index contributed by atoms with van der Waals surface area (Å²) < 4.78 is 17.6. The Hall–Kier alpha value is -3.00. The Morgan fingerprint density at radius 1 is 1.06 bits per heavy atom. The molecule has 2 aromatic carbocycles. The lowest BCUT2D eigenvalue weighted by Gasteiger charge is -2.20. The molecule has 168 valence electrons. The largest absolute Gasteiger partial charge is 0.493 e. The number of hydrogen-bond acceptors (Lipinski definition) is 8. The molecular formula is C24H28N4O3S. The average Bonchev–Trinajstić information content (AvgIpc) is 2.99. The van der Waals surface area contributed by atoms with E-state index in [-0.39, 0.29) is 0 Å². The van der Waals surface area contributed by atoms with Crippen LogP contribution < -0.4 is 19.5 Å².